The molecule has 0 aliphatic carbocycles. The number of halogens is 1. The number of hydrogen-bond acceptors (Lipinski definition) is 7. The van der Waals surface area contributed by atoms with E-state index in [0.717, 1.165) is 6.07 Å². The van der Waals surface area contributed by atoms with Gasteiger partial charge < -0.3 is 4.74 Å². The third-order valence-electron chi connectivity index (χ3n) is 4.20. The first-order valence-corrected chi connectivity index (χ1v) is 8.57. The molecule has 10 heteroatoms. The standard InChI is InChI=1S/C17H18ClN3O6/c1-4-7-27-17(22)14-9(2)19-10(3)16(21(25)26)15(14)12-8-11(20(23)24)5-6-13(12)18/h5-6,8,15-16H,4,7H2,1-3H3. The number of nitro groups is 2. The highest BCUT2D eigenvalue weighted by Crippen LogP contribution is 2.41. The van der Waals surface area contributed by atoms with Crippen molar-refractivity contribution in [1.82, 2.24) is 0 Å². The summed E-state index contributed by atoms with van der Waals surface area (Å²) in [5.74, 6) is -1.89. The average molecular weight is 396 g/mol. The molecule has 1 aliphatic heterocycles. The van der Waals surface area contributed by atoms with Crippen LogP contribution >= 0.6 is 11.6 Å². The first kappa shape index (κ1) is 20.5. The zero-order chi connectivity index (χ0) is 20.3. The van der Waals surface area contributed by atoms with E-state index in [9.17, 15) is 25.0 Å². The minimum Gasteiger partial charge on any atom is -0.462 e. The largest absolute Gasteiger partial charge is 0.462 e. The third-order valence-corrected chi connectivity index (χ3v) is 4.54. The molecule has 9 nitrogen and oxygen atoms in total. The van der Waals surface area contributed by atoms with Crippen molar-refractivity contribution in [3.63, 3.8) is 0 Å². The van der Waals surface area contributed by atoms with Gasteiger partial charge in [0.25, 0.3) is 11.7 Å². The van der Waals surface area contributed by atoms with E-state index in [1.165, 1.54) is 19.1 Å². The van der Waals surface area contributed by atoms with Crippen molar-refractivity contribution in [3.8, 4) is 0 Å². The zero-order valence-electron chi connectivity index (χ0n) is 15.0. The summed E-state index contributed by atoms with van der Waals surface area (Å²) in [7, 11) is 0. The molecule has 2 rings (SSSR count). The maximum atomic E-state index is 12.6. The van der Waals surface area contributed by atoms with Gasteiger partial charge in [-0.15, -0.1) is 0 Å². The fraction of sp³-hybridized carbons (Fsp3) is 0.412. The Balaban J connectivity index is 2.71. The number of benzene rings is 1. The van der Waals surface area contributed by atoms with E-state index in [1.807, 2.05) is 6.92 Å². The molecule has 2 unspecified atom stereocenters. The van der Waals surface area contributed by atoms with Crippen molar-refractivity contribution < 1.29 is 19.4 Å². The lowest BCUT2D eigenvalue weighted by atomic mass is 9.80. The van der Waals surface area contributed by atoms with E-state index in [2.05, 4.69) is 4.99 Å². The van der Waals surface area contributed by atoms with E-state index in [4.69, 9.17) is 16.3 Å². The molecule has 0 saturated heterocycles. The predicted octanol–water partition coefficient (Wildman–Crippen LogP) is 3.68. The van der Waals surface area contributed by atoms with Crippen LogP contribution in [0.4, 0.5) is 5.69 Å². The zero-order valence-corrected chi connectivity index (χ0v) is 15.7. The van der Waals surface area contributed by atoms with Crippen LogP contribution in [0.5, 0.6) is 0 Å². The molecule has 2 atom stereocenters. The fourth-order valence-electron chi connectivity index (χ4n) is 3.05. The number of carbonyl (C=O) groups excluding carboxylic acids is 1. The normalized spacial score (nSPS) is 19.5. The van der Waals surface area contributed by atoms with Crippen LogP contribution in [0.15, 0.2) is 34.5 Å². The Hall–Kier alpha value is -2.81. The van der Waals surface area contributed by atoms with Gasteiger partial charge in [-0.1, -0.05) is 18.5 Å². The Morgan fingerprint density at radius 2 is 1.96 bits per heavy atom. The van der Waals surface area contributed by atoms with Crippen LogP contribution < -0.4 is 0 Å². The first-order valence-electron chi connectivity index (χ1n) is 8.19. The number of ether oxygens (including phenoxy) is 1. The molecule has 0 N–H and O–H groups in total. The number of nitrogens with zero attached hydrogens (tertiary/aromatic N) is 3. The summed E-state index contributed by atoms with van der Waals surface area (Å²) < 4.78 is 5.17. The quantitative estimate of drug-likeness (QED) is 0.411. The molecule has 1 aliphatic rings. The number of nitro benzene ring substituents is 1. The Morgan fingerprint density at radius 3 is 2.52 bits per heavy atom. The number of esters is 1. The summed E-state index contributed by atoms with van der Waals surface area (Å²) in [5.41, 5.74) is 0.259. The minimum absolute atomic E-state index is 0.0156. The molecular weight excluding hydrogens is 378 g/mol. The molecule has 0 fully saturated rings. The van der Waals surface area contributed by atoms with Crippen LogP contribution in [0.25, 0.3) is 0 Å². The lowest BCUT2D eigenvalue weighted by Crippen LogP contribution is -2.40. The number of allylic oxidation sites excluding steroid dienone is 1. The van der Waals surface area contributed by atoms with Gasteiger partial charge in [0.1, 0.15) is 0 Å². The summed E-state index contributed by atoms with van der Waals surface area (Å²) in [6.07, 6.45) is 0.571. The Bertz CT molecular complexity index is 864. The summed E-state index contributed by atoms with van der Waals surface area (Å²) in [5, 5.41) is 23.0. The molecular formula is C17H18ClN3O6. The second-order valence-electron chi connectivity index (χ2n) is 6.06. The van der Waals surface area contributed by atoms with Crippen LogP contribution in [0.3, 0.4) is 0 Å². The van der Waals surface area contributed by atoms with Gasteiger partial charge in [-0.3, -0.25) is 25.2 Å². The van der Waals surface area contributed by atoms with Gasteiger partial charge in [-0.05, 0) is 31.9 Å². The highest BCUT2D eigenvalue weighted by molar-refractivity contribution is 6.31. The molecule has 0 amide bonds. The molecule has 0 aromatic heterocycles. The van der Waals surface area contributed by atoms with Crippen molar-refractivity contribution >= 4 is 29.0 Å². The summed E-state index contributed by atoms with van der Waals surface area (Å²) in [6.45, 7) is 4.97. The van der Waals surface area contributed by atoms with Crippen LogP contribution in [0.1, 0.15) is 38.7 Å². The van der Waals surface area contributed by atoms with Gasteiger partial charge in [-0.25, -0.2) is 4.79 Å². The summed E-state index contributed by atoms with van der Waals surface area (Å²) in [6, 6.07) is 2.25. The third kappa shape index (κ3) is 4.13. The topological polar surface area (TPSA) is 125 Å². The van der Waals surface area contributed by atoms with E-state index in [1.54, 1.807) is 6.92 Å². The lowest BCUT2D eigenvalue weighted by molar-refractivity contribution is -0.505. The molecule has 0 saturated carbocycles. The number of carbonyl (C=O) groups is 1. The molecule has 1 aromatic carbocycles. The average Bonchev–Trinajstić information content (AvgIpc) is 2.58. The van der Waals surface area contributed by atoms with E-state index in [-0.39, 0.29) is 39.9 Å². The summed E-state index contributed by atoms with van der Waals surface area (Å²) in [4.78, 5) is 38.4. The highest BCUT2D eigenvalue weighted by Gasteiger charge is 2.46. The van der Waals surface area contributed by atoms with Crippen molar-refractivity contribution in [2.75, 3.05) is 6.61 Å². The second-order valence-corrected chi connectivity index (χ2v) is 6.47. The van der Waals surface area contributed by atoms with Gasteiger partial charge in [0, 0.05) is 27.8 Å². The lowest BCUT2D eigenvalue weighted by Gasteiger charge is -2.28. The minimum atomic E-state index is -1.39. The molecule has 0 spiro atoms. The Morgan fingerprint density at radius 1 is 1.30 bits per heavy atom. The Kier molecular flexibility index (Phi) is 6.27. The fourth-order valence-corrected chi connectivity index (χ4v) is 3.28. The smallest absolute Gasteiger partial charge is 0.336 e. The van der Waals surface area contributed by atoms with Gasteiger partial charge in [0.2, 0.25) is 0 Å². The SMILES string of the molecule is CCCOC(=O)C1=C(C)N=C(C)C([N+](=O)[O-])C1c1cc([N+](=O)[O-])ccc1Cl. The molecule has 27 heavy (non-hydrogen) atoms. The highest BCUT2D eigenvalue weighted by atomic mass is 35.5. The van der Waals surface area contributed by atoms with Crippen LogP contribution in [-0.4, -0.2) is 34.2 Å². The molecule has 0 bridgehead atoms. The second kappa shape index (κ2) is 8.26. The number of aliphatic imine (C=N–C) groups is 1. The van der Waals surface area contributed by atoms with Gasteiger partial charge >= 0.3 is 5.97 Å². The first-order chi connectivity index (χ1) is 12.7. The van der Waals surface area contributed by atoms with Crippen LogP contribution in [0.2, 0.25) is 5.02 Å². The maximum Gasteiger partial charge on any atom is 0.336 e. The van der Waals surface area contributed by atoms with Gasteiger partial charge in [0.15, 0.2) is 0 Å². The maximum absolute atomic E-state index is 12.6. The number of rotatable bonds is 6. The molecule has 1 heterocycles. The van der Waals surface area contributed by atoms with Gasteiger partial charge in [-0.2, -0.15) is 0 Å². The monoisotopic (exact) mass is 395 g/mol. The van der Waals surface area contributed by atoms with Crippen LogP contribution in [-0.2, 0) is 9.53 Å². The van der Waals surface area contributed by atoms with Gasteiger partial charge in [0.05, 0.1) is 28.7 Å². The molecule has 1 aromatic rings. The number of non-ortho nitro benzene ring substituents is 1. The number of hydrogen-bond donors (Lipinski definition) is 0. The van der Waals surface area contributed by atoms with Crippen molar-refractivity contribution in [3.05, 3.63) is 60.3 Å². The van der Waals surface area contributed by atoms with Crippen molar-refractivity contribution in [2.45, 2.75) is 39.2 Å². The summed E-state index contributed by atoms with van der Waals surface area (Å²) >= 11 is 6.21. The van der Waals surface area contributed by atoms with E-state index < -0.39 is 27.8 Å². The van der Waals surface area contributed by atoms with Crippen molar-refractivity contribution in [2.24, 2.45) is 4.99 Å². The van der Waals surface area contributed by atoms with Crippen LogP contribution in [0, 0.1) is 20.2 Å². The van der Waals surface area contributed by atoms with E-state index in [0.29, 0.717) is 6.42 Å². The molecule has 0 radical (unpaired) electrons. The predicted molar refractivity (Wildman–Crippen MR) is 98.7 cm³/mol. The Labute approximate surface area is 160 Å². The molecule has 144 valence electrons. The van der Waals surface area contributed by atoms with E-state index >= 15 is 0 Å². The van der Waals surface area contributed by atoms with Crippen molar-refractivity contribution in [1.29, 1.82) is 0 Å².